The van der Waals surface area contributed by atoms with Crippen LogP contribution in [0, 0.1) is 19.7 Å². The monoisotopic (exact) mass is 423 g/mol. The van der Waals surface area contributed by atoms with Crippen LogP contribution in [0.1, 0.15) is 33.7 Å². The fraction of sp³-hybridized carbons (Fsp3) is 0.167. The van der Waals surface area contributed by atoms with Gasteiger partial charge in [-0.2, -0.15) is 0 Å². The number of nitrogens with two attached hydrogens (primary N) is 1. The van der Waals surface area contributed by atoms with E-state index in [2.05, 4.69) is 0 Å². The molecule has 0 aliphatic heterocycles. The van der Waals surface area contributed by atoms with Gasteiger partial charge in [0.25, 0.3) is 0 Å². The number of phenolic OH excluding ortho intramolecular Hbond substituents is 1. The number of amides is 1. The molecule has 3 rings (SSSR count). The lowest BCUT2D eigenvalue weighted by Gasteiger charge is -2.17. The summed E-state index contributed by atoms with van der Waals surface area (Å²) in [5.74, 6) is -2.96. The van der Waals surface area contributed by atoms with Crippen LogP contribution in [0.15, 0.2) is 54.6 Å². The van der Waals surface area contributed by atoms with E-state index in [0.29, 0.717) is 34.6 Å². The molecule has 3 aromatic rings. The van der Waals surface area contributed by atoms with Crippen LogP contribution >= 0.6 is 0 Å². The lowest BCUT2D eigenvalue weighted by Crippen LogP contribution is -2.28. The molecule has 31 heavy (non-hydrogen) atoms. The Bertz CT molecular complexity index is 1100. The number of aliphatic carboxylic acids is 1. The standard InChI is InChI=1S/C24H22FNO5/c1-13-9-17(21(23(26)28)24(29)30)10-14(2)22(13)31-19-7-8-20(27)16(12-19)11-15-3-5-18(25)6-4-15/h3-10,12,21,27H,11H2,1-2H3,(H2,26,28)(H,29,30). The molecule has 1 unspecified atom stereocenters. The number of rotatable bonds is 7. The summed E-state index contributed by atoms with van der Waals surface area (Å²) in [7, 11) is 0. The number of carbonyl (C=O) groups is 2. The summed E-state index contributed by atoms with van der Waals surface area (Å²) in [5, 5.41) is 19.5. The highest BCUT2D eigenvalue weighted by Crippen LogP contribution is 2.34. The van der Waals surface area contributed by atoms with E-state index < -0.39 is 17.8 Å². The molecule has 1 amide bonds. The number of aromatic hydroxyl groups is 1. The Morgan fingerprint density at radius 1 is 1.03 bits per heavy atom. The van der Waals surface area contributed by atoms with Crippen molar-refractivity contribution in [2.75, 3.05) is 0 Å². The number of phenols is 1. The quantitative estimate of drug-likeness (QED) is 0.494. The smallest absolute Gasteiger partial charge is 0.320 e. The number of aryl methyl sites for hydroxylation is 2. The van der Waals surface area contributed by atoms with Gasteiger partial charge in [0.15, 0.2) is 5.92 Å². The van der Waals surface area contributed by atoms with Crippen molar-refractivity contribution in [3.63, 3.8) is 0 Å². The van der Waals surface area contributed by atoms with Gasteiger partial charge in [0.1, 0.15) is 23.1 Å². The van der Waals surface area contributed by atoms with Crippen molar-refractivity contribution in [2.45, 2.75) is 26.2 Å². The summed E-state index contributed by atoms with van der Waals surface area (Å²) in [6, 6.07) is 13.9. The van der Waals surface area contributed by atoms with Crippen molar-refractivity contribution in [1.29, 1.82) is 0 Å². The molecule has 0 spiro atoms. The molecule has 0 heterocycles. The van der Waals surface area contributed by atoms with E-state index in [4.69, 9.17) is 10.5 Å². The van der Waals surface area contributed by atoms with Gasteiger partial charge in [-0.3, -0.25) is 9.59 Å². The van der Waals surface area contributed by atoms with E-state index in [1.165, 1.54) is 18.2 Å². The first kappa shape index (κ1) is 21.8. The minimum atomic E-state index is -1.44. The van der Waals surface area contributed by atoms with Crippen LogP contribution in [-0.4, -0.2) is 22.1 Å². The third-order valence-electron chi connectivity index (χ3n) is 4.93. The van der Waals surface area contributed by atoms with E-state index in [-0.39, 0.29) is 17.1 Å². The zero-order valence-corrected chi connectivity index (χ0v) is 17.1. The minimum absolute atomic E-state index is 0.0891. The van der Waals surface area contributed by atoms with Gasteiger partial charge in [0, 0.05) is 12.0 Å². The third kappa shape index (κ3) is 5.01. The van der Waals surface area contributed by atoms with Gasteiger partial charge >= 0.3 is 5.97 Å². The molecule has 0 bridgehead atoms. The molecule has 7 heteroatoms. The zero-order chi connectivity index (χ0) is 22.7. The maximum atomic E-state index is 13.1. The molecule has 6 nitrogen and oxygen atoms in total. The number of ether oxygens (including phenoxy) is 1. The maximum Gasteiger partial charge on any atom is 0.320 e. The van der Waals surface area contributed by atoms with Crippen LogP contribution in [0.2, 0.25) is 0 Å². The van der Waals surface area contributed by atoms with Gasteiger partial charge in [0.05, 0.1) is 0 Å². The summed E-state index contributed by atoms with van der Waals surface area (Å²) in [6.45, 7) is 3.48. The summed E-state index contributed by atoms with van der Waals surface area (Å²) in [6.07, 6.45) is 0.388. The number of carboxylic acids is 1. The van der Waals surface area contributed by atoms with E-state index >= 15 is 0 Å². The molecular weight excluding hydrogens is 401 g/mol. The number of halogens is 1. The van der Waals surface area contributed by atoms with Crippen molar-refractivity contribution in [3.8, 4) is 17.2 Å². The van der Waals surface area contributed by atoms with Gasteiger partial charge in [-0.1, -0.05) is 24.3 Å². The second kappa shape index (κ2) is 8.87. The number of hydrogen-bond acceptors (Lipinski definition) is 4. The average molecular weight is 423 g/mol. The lowest BCUT2D eigenvalue weighted by molar-refractivity contribution is -0.142. The molecule has 0 saturated heterocycles. The topological polar surface area (TPSA) is 110 Å². The molecule has 0 aliphatic rings. The Labute approximate surface area is 178 Å². The van der Waals surface area contributed by atoms with E-state index in [1.54, 1.807) is 50.2 Å². The van der Waals surface area contributed by atoms with Crippen molar-refractivity contribution >= 4 is 11.9 Å². The third-order valence-corrected chi connectivity index (χ3v) is 4.93. The Balaban J connectivity index is 1.89. The fourth-order valence-corrected chi connectivity index (χ4v) is 3.45. The molecule has 0 saturated carbocycles. The van der Waals surface area contributed by atoms with Gasteiger partial charge < -0.3 is 20.7 Å². The molecule has 3 aromatic carbocycles. The first-order valence-electron chi connectivity index (χ1n) is 9.53. The molecule has 0 radical (unpaired) electrons. The van der Waals surface area contributed by atoms with Crippen molar-refractivity contribution in [2.24, 2.45) is 5.73 Å². The van der Waals surface area contributed by atoms with Crippen LogP contribution in [0.25, 0.3) is 0 Å². The molecule has 0 aromatic heterocycles. The number of carboxylic acid groups (broad SMARTS) is 1. The van der Waals surface area contributed by atoms with E-state index in [0.717, 1.165) is 5.56 Å². The predicted molar refractivity (Wildman–Crippen MR) is 113 cm³/mol. The fourth-order valence-electron chi connectivity index (χ4n) is 3.45. The van der Waals surface area contributed by atoms with Crippen LogP contribution < -0.4 is 10.5 Å². The Morgan fingerprint density at radius 2 is 1.65 bits per heavy atom. The normalized spacial score (nSPS) is 11.7. The Morgan fingerprint density at radius 3 is 2.19 bits per heavy atom. The van der Waals surface area contributed by atoms with Crippen LogP contribution in [-0.2, 0) is 16.0 Å². The summed E-state index contributed by atoms with van der Waals surface area (Å²) >= 11 is 0. The number of primary amides is 1. The molecule has 0 fully saturated rings. The maximum absolute atomic E-state index is 13.1. The Kier molecular flexibility index (Phi) is 6.25. The van der Waals surface area contributed by atoms with Crippen LogP contribution in [0.3, 0.4) is 0 Å². The molecule has 4 N–H and O–H groups in total. The summed E-state index contributed by atoms with van der Waals surface area (Å²) < 4.78 is 19.1. The highest BCUT2D eigenvalue weighted by atomic mass is 19.1. The zero-order valence-electron chi connectivity index (χ0n) is 17.1. The van der Waals surface area contributed by atoms with Crippen molar-refractivity contribution in [3.05, 3.63) is 88.2 Å². The molecule has 160 valence electrons. The first-order valence-corrected chi connectivity index (χ1v) is 9.53. The second-order valence-corrected chi connectivity index (χ2v) is 7.35. The molecular formula is C24H22FNO5. The highest BCUT2D eigenvalue weighted by Gasteiger charge is 2.27. The van der Waals surface area contributed by atoms with Gasteiger partial charge in [0.2, 0.25) is 5.91 Å². The predicted octanol–water partition coefficient (Wildman–Crippen LogP) is 4.18. The SMILES string of the molecule is Cc1cc(C(C(N)=O)C(=O)O)cc(C)c1Oc1ccc(O)c(Cc2ccc(F)cc2)c1. The highest BCUT2D eigenvalue weighted by molar-refractivity contribution is 6.01. The van der Waals surface area contributed by atoms with Crippen molar-refractivity contribution in [1.82, 2.24) is 0 Å². The number of benzene rings is 3. The molecule has 0 aliphatic carbocycles. The van der Waals surface area contributed by atoms with Crippen molar-refractivity contribution < 1.29 is 28.9 Å². The van der Waals surface area contributed by atoms with E-state index in [1.807, 2.05) is 0 Å². The van der Waals surface area contributed by atoms with Gasteiger partial charge in [-0.25, -0.2) is 4.39 Å². The lowest BCUT2D eigenvalue weighted by atomic mass is 9.94. The van der Waals surface area contributed by atoms with E-state index in [9.17, 15) is 24.2 Å². The Hall–Kier alpha value is -3.87. The van der Waals surface area contributed by atoms with Crippen LogP contribution in [0.4, 0.5) is 4.39 Å². The molecule has 1 atom stereocenters. The second-order valence-electron chi connectivity index (χ2n) is 7.35. The van der Waals surface area contributed by atoms with Crippen LogP contribution in [0.5, 0.6) is 17.2 Å². The number of hydrogen-bond donors (Lipinski definition) is 3. The summed E-state index contributed by atoms with van der Waals surface area (Å²) in [5.41, 5.74) is 8.23. The average Bonchev–Trinajstić information content (AvgIpc) is 2.68. The largest absolute Gasteiger partial charge is 0.508 e. The number of carbonyl (C=O) groups excluding carboxylic acids is 1. The van der Waals surface area contributed by atoms with Gasteiger partial charge in [-0.05, 0) is 66.4 Å². The summed E-state index contributed by atoms with van der Waals surface area (Å²) in [4.78, 5) is 22.9. The van der Waals surface area contributed by atoms with Gasteiger partial charge in [-0.15, -0.1) is 0 Å². The minimum Gasteiger partial charge on any atom is -0.508 e. The first-order chi connectivity index (χ1) is 14.7.